The first-order chi connectivity index (χ1) is 18.5. The van der Waals surface area contributed by atoms with Crippen molar-refractivity contribution in [2.45, 2.75) is 136 Å². The number of fused-ring (bicyclic) bond motifs is 2. The van der Waals surface area contributed by atoms with Crippen LogP contribution in [0.25, 0.3) is 0 Å². The molecule has 39 heavy (non-hydrogen) atoms. The molecule has 2 unspecified atom stereocenters. The molecule has 6 rings (SSSR count). The minimum absolute atomic E-state index is 0.0321. The van der Waals surface area contributed by atoms with Crippen LogP contribution < -0.4 is 9.47 Å². The van der Waals surface area contributed by atoms with Gasteiger partial charge in [0.1, 0.15) is 11.5 Å². The van der Waals surface area contributed by atoms with Crippen LogP contribution in [0, 0.1) is 11.3 Å². The Labute approximate surface area is 235 Å². The molecule has 2 spiro atoms. The van der Waals surface area contributed by atoms with E-state index in [1.807, 2.05) is 0 Å². The largest absolute Gasteiger partial charge is 0.462 e. The van der Waals surface area contributed by atoms with Crippen molar-refractivity contribution in [3.63, 3.8) is 0 Å². The number of hydrogen-bond donors (Lipinski definition) is 0. The lowest BCUT2D eigenvalue weighted by molar-refractivity contribution is -0.270. The summed E-state index contributed by atoms with van der Waals surface area (Å²) >= 11 is 0. The van der Waals surface area contributed by atoms with E-state index in [9.17, 15) is 0 Å². The molecule has 2 fully saturated rings. The average Bonchev–Trinajstić information content (AvgIpc) is 2.89. The summed E-state index contributed by atoms with van der Waals surface area (Å²) in [5, 5.41) is 0. The van der Waals surface area contributed by atoms with Gasteiger partial charge in [0.2, 0.25) is 11.6 Å². The van der Waals surface area contributed by atoms with Gasteiger partial charge in [0, 0.05) is 42.7 Å². The summed E-state index contributed by atoms with van der Waals surface area (Å²) in [4.78, 5) is 0. The molecule has 4 nitrogen and oxygen atoms in total. The van der Waals surface area contributed by atoms with Crippen molar-refractivity contribution in [3.05, 3.63) is 58.1 Å². The highest BCUT2D eigenvalue weighted by Gasteiger charge is 2.51. The van der Waals surface area contributed by atoms with E-state index in [2.05, 4.69) is 71.9 Å². The third kappa shape index (κ3) is 5.12. The minimum Gasteiger partial charge on any atom is -0.462 e. The van der Waals surface area contributed by atoms with E-state index in [1.165, 1.54) is 47.9 Å². The van der Waals surface area contributed by atoms with Crippen LogP contribution in [0.4, 0.5) is 0 Å². The predicted octanol–water partition coefficient (Wildman–Crippen LogP) is 8.99. The third-order valence-corrected chi connectivity index (χ3v) is 9.65. The molecule has 2 heterocycles. The summed E-state index contributed by atoms with van der Waals surface area (Å²) in [5.74, 6) is 1.44. The van der Waals surface area contributed by atoms with Crippen LogP contribution in [0.15, 0.2) is 30.3 Å². The van der Waals surface area contributed by atoms with Crippen LogP contribution >= 0.6 is 0 Å². The standard InChI is InChI=1S/C35H48O4/c1-32(2,3)28-20-26(19-24-13-12-14-25-22-36-34(38-30(24)25)16-9-7-10-17-34)31-27(21-28)23-37-35(39-31)18-11-8-15-29(35)33(4,5)6/h12-14,20-21,29H,7-11,15-19,22-23H2,1-6H3. The van der Waals surface area contributed by atoms with Crippen molar-refractivity contribution in [1.29, 1.82) is 0 Å². The maximum absolute atomic E-state index is 7.14. The van der Waals surface area contributed by atoms with E-state index in [0.29, 0.717) is 19.1 Å². The molecule has 0 N–H and O–H groups in total. The Morgan fingerprint density at radius 2 is 1.46 bits per heavy atom. The van der Waals surface area contributed by atoms with Crippen LogP contribution in [0.5, 0.6) is 11.5 Å². The quantitative estimate of drug-likeness (QED) is 0.387. The predicted molar refractivity (Wildman–Crippen MR) is 155 cm³/mol. The normalized spacial score (nSPS) is 26.5. The molecule has 0 amide bonds. The van der Waals surface area contributed by atoms with Gasteiger partial charge in [-0.3, -0.25) is 0 Å². The first-order valence-electron chi connectivity index (χ1n) is 15.4. The van der Waals surface area contributed by atoms with Crippen LogP contribution in [0.2, 0.25) is 0 Å². The van der Waals surface area contributed by atoms with E-state index in [-0.39, 0.29) is 10.8 Å². The van der Waals surface area contributed by atoms with Gasteiger partial charge >= 0.3 is 0 Å². The number of rotatable bonds is 2. The van der Waals surface area contributed by atoms with Gasteiger partial charge in [0.25, 0.3) is 0 Å². The molecule has 2 saturated carbocycles. The Balaban J connectivity index is 1.41. The van der Waals surface area contributed by atoms with Crippen molar-refractivity contribution in [2.75, 3.05) is 0 Å². The summed E-state index contributed by atoms with van der Waals surface area (Å²) < 4.78 is 27.0. The molecule has 2 aliphatic heterocycles. The van der Waals surface area contributed by atoms with E-state index in [1.54, 1.807) is 0 Å². The fourth-order valence-electron chi connectivity index (χ4n) is 7.45. The second-order valence-electron chi connectivity index (χ2n) is 14.7. The van der Waals surface area contributed by atoms with E-state index in [4.69, 9.17) is 18.9 Å². The second-order valence-corrected chi connectivity index (χ2v) is 14.7. The highest BCUT2D eigenvalue weighted by Crippen LogP contribution is 2.52. The first-order valence-corrected chi connectivity index (χ1v) is 15.4. The van der Waals surface area contributed by atoms with Crippen LogP contribution in [0.3, 0.4) is 0 Å². The van der Waals surface area contributed by atoms with Crippen molar-refractivity contribution in [1.82, 2.24) is 0 Å². The van der Waals surface area contributed by atoms with Crippen LogP contribution in [-0.4, -0.2) is 11.6 Å². The fraction of sp³-hybridized carbons (Fsp3) is 0.657. The smallest absolute Gasteiger partial charge is 0.214 e. The van der Waals surface area contributed by atoms with E-state index < -0.39 is 11.6 Å². The summed E-state index contributed by atoms with van der Waals surface area (Å²) in [6.07, 6.45) is 10.9. The molecular formula is C35H48O4. The molecule has 2 aromatic rings. The molecule has 0 radical (unpaired) electrons. The van der Waals surface area contributed by atoms with Gasteiger partial charge in [-0.05, 0) is 59.3 Å². The number of benzene rings is 2. The monoisotopic (exact) mass is 532 g/mol. The maximum atomic E-state index is 7.14. The molecule has 4 heteroatoms. The third-order valence-electron chi connectivity index (χ3n) is 9.65. The van der Waals surface area contributed by atoms with Crippen molar-refractivity contribution < 1.29 is 18.9 Å². The Morgan fingerprint density at radius 3 is 2.21 bits per heavy atom. The summed E-state index contributed by atoms with van der Waals surface area (Å²) in [5.41, 5.74) is 6.29. The molecular weight excluding hydrogens is 484 g/mol. The Bertz CT molecular complexity index is 1210. The Kier molecular flexibility index (Phi) is 6.82. The molecule has 2 aromatic carbocycles. The molecule has 0 aromatic heterocycles. The van der Waals surface area contributed by atoms with Crippen molar-refractivity contribution in [2.24, 2.45) is 11.3 Å². The van der Waals surface area contributed by atoms with Crippen molar-refractivity contribution >= 4 is 0 Å². The van der Waals surface area contributed by atoms with Gasteiger partial charge in [-0.25, -0.2) is 0 Å². The summed E-state index contributed by atoms with van der Waals surface area (Å²) in [6, 6.07) is 11.3. The molecule has 212 valence electrons. The lowest BCUT2D eigenvalue weighted by atomic mass is 9.68. The zero-order valence-electron chi connectivity index (χ0n) is 25.1. The summed E-state index contributed by atoms with van der Waals surface area (Å²) in [6.45, 7) is 15.1. The number of hydrogen-bond acceptors (Lipinski definition) is 4. The zero-order valence-corrected chi connectivity index (χ0v) is 25.1. The van der Waals surface area contributed by atoms with Gasteiger partial charge in [-0.1, -0.05) is 78.6 Å². The Hall–Kier alpha value is -2.04. The highest BCUT2D eigenvalue weighted by molar-refractivity contribution is 5.52. The summed E-state index contributed by atoms with van der Waals surface area (Å²) in [7, 11) is 0. The molecule has 0 saturated heterocycles. The van der Waals surface area contributed by atoms with Crippen LogP contribution in [0.1, 0.15) is 127 Å². The highest BCUT2D eigenvalue weighted by atomic mass is 16.7. The maximum Gasteiger partial charge on any atom is 0.214 e. The molecule has 2 atom stereocenters. The number of para-hydroxylation sites is 1. The van der Waals surface area contributed by atoms with Gasteiger partial charge in [-0.15, -0.1) is 0 Å². The van der Waals surface area contributed by atoms with Crippen LogP contribution in [-0.2, 0) is 34.5 Å². The zero-order chi connectivity index (χ0) is 27.5. The Morgan fingerprint density at radius 1 is 0.744 bits per heavy atom. The number of ether oxygens (including phenoxy) is 4. The molecule has 4 aliphatic rings. The molecule has 2 aliphatic carbocycles. The van der Waals surface area contributed by atoms with Crippen molar-refractivity contribution in [3.8, 4) is 11.5 Å². The topological polar surface area (TPSA) is 36.9 Å². The first kappa shape index (κ1) is 27.1. The van der Waals surface area contributed by atoms with Gasteiger partial charge in [-0.2, -0.15) is 0 Å². The average molecular weight is 533 g/mol. The molecule has 0 bridgehead atoms. The van der Waals surface area contributed by atoms with E-state index in [0.717, 1.165) is 55.6 Å². The van der Waals surface area contributed by atoms with Gasteiger partial charge in [0.05, 0.1) is 13.2 Å². The second kappa shape index (κ2) is 9.80. The minimum atomic E-state index is -0.548. The van der Waals surface area contributed by atoms with Gasteiger partial charge < -0.3 is 18.9 Å². The van der Waals surface area contributed by atoms with E-state index >= 15 is 0 Å². The lowest BCUT2D eigenvalue weighted by Gasteiger charge is -2.51. The lowest BCUT2D eigenvalue weighted by Crippen LogP contribution is -2.54. The van der Waals surface area contributed by atoms with Gasteiger partial charge in [0.15, 0.2) is 0 Å². The fourth-order valence-corrected chi connectivity index (χ4v) is 7.45. The SMILES string of the molecule is CC(C)(C)c1cc2c(c(Cc3cccc4c3OC3(CCCCC3)OC4)c1)OC1(CCCCC1C(C)(C)C)OC2.